The number of fused-ring (bicyclic) bond motifs is 3. The fourth-order valence-electron chi connectivity index (χ4n) is 3.99. The third-order valence-corrected chi connectivity index (χ3v) is 5.66. The minimum atomic E-state index is -0.0138. The van der Waals surface area contributed by atoms with Crippen LogP contribution in [0.5, 0.6) is 11.6 Å². The molecular formula is C19H22ClN3O2. The maximum Gasteiger partial charge on any atom is 0.251 e. The van der Waals surface area contributed by atoms with Crippen molar-refractivity contribution in [2.75, 3.05) is 13.1 Å². The lowest BCUT2D eigenvalue weighted by Crippen LogP contribution is -2.62. The number of nitrogens with zero attached hydrogens (tertiary/aromatic N) is 1. The summed E-state index contributed by atoms with van der Waals surface area (Å²) in [5.41, 5.74) is 0.653. The summed E-state index contributed by atoms with van der Waals surface area (Å²) >= 11 is 5.83. The van der Waals surface area contributed by atoms with Gasteiger partial charge in [-0.25, -0.2) is 0 Å². The first kappa shape index (κ1) is 16.5. The fraction of sp³-hybridized carbons (Fsp3) is 0.421. The maximum absolute atomic E-state index is 12.6. The summed E-state index contributed by atoms with van der Waals surface area (Å²) in [7, 11) is 0. The Labute approximate surface area is 152 Å². The molecule has 3 aliphatic rings. The predicted molar refractivity (Wildman–Crippen MR) is 97.3 cm³/mol. The van der Waals surface area contributed by atoms with Gasteiger partial charge >= 0.3 is 0 Å². The topological polar surface area (TPSA) is 57.4 Å². The SMILES string of the molecule is CC1C(NC(=O)c2ccc(Oc3ccc(Cl)[nH]3)cc2)C2CCN1CC2. The van der Waals surface area contributed by atoms with Crippen molar-refractivity contribution in [3.8, 4) is 11.6 Å². The standard InChI is InChI=1S/C19H22ClN3O2/c1-12-18(13-8-10-23(12)11-9-13)22-19(24)14-2-4-15(5-3-14)25-17-7-6-16(20)21-17/h2-7,12-13,18,21H,8-11H2,1H3,(H,22,24). The minimum Gasteiger partial charge on any atom is -0.441 e. The summed E-state index contributed by atoms with van der Waals surface area (Å²) in [5, 5.41) is 3.77. The highest BCUT2D eigenvalue weighted by Gasteiger charge is 2.40. The van der Waals surface area contributed by atoms with Crippen LogP contribution in [0.1, 0.15) is 30.1 Å². The van der Waals surface area contributed by atoms with E-state index in [4.69, 9.17) is 16.3 Å². The lowest BCUT2D eigenvalue weighted by Gasteiger charge is -2.49. The number of ether oxygens (including phenoxy) is 1. The number of carbonyl (C=O) groups is 1. The number of amides is 1. The van der Waals surface area contributed by atoms with E-state index in [0.717, 1.165) is 13.1 Å². The second-order valence-corrected chi connectivity index (χ2v) is 7.32. The Kier molecular flexibility index (Phi) is 4.44. The number of aromatic nitrogens is 1. The largest absolute Gasteiger partial charge is 0.441 e. The van der Waals surface area contributed by atoms with Crippen molar-refractivity contribution in [2.24, 2.45) is 5.92 Å². The average molecular weight is 360 g/mol. The first-order valence-corrected chi connectivity index (χ1v) is 9.15. The van der Waals surface area contributed by atoms with Gasteiger partial charge in [0.25, 0.3) is 5.91 Å². The normalized spacial score (nSPS) is 27.9. The lowest BCUT2D eigenvalue weighted by molar-refractivity contribution is 0.0217. The molecule has 3 fully saturated rings. The number of piperidine rings is 3. The summed E-state index contributed by atoms with van der Waals surface area (Å²) in [5.74, 6) is 1.82. The number of rotatable bonds is 4. The highest BCUT2D eigenvalue weighted by Crippen LogP contribution is 2.32. The second kappa shape index (κ2) is 6.73. The van der Waals surface area contributed by atoms with Crippen molar-refractivity contribution in [1.29, 1.82) is 0 Å². The number of benzene rings is 1. The Hall–Kier alpha value is -1.98. The molecule has 3 saturated heterocycles. The van der Waals surface area contributed by atoms with E-state index in [2.05, 4.69) is 22.1 Å². The van der Waals surface area contributed by atoms with Crippen LogP contribution in [-0.4, -0.2) is 41.0 Å². The predicted octanol–water partition coefficient (Wildman–Crippen LogP) is 3.67. The molecule has 1 amide bonds. The van der Waals surface area contributed by atoms with E-state index >= 15 is 0 Å². The zero-order valence-electron chi connectivity index (χ0n) is 14.2. The Balaban J connectivity index is 1.40. The Morgan fingerprint density at radius 3 is 2.52 bits per heavy atom. The first-order chi connectivity index (χ1) is 12.1. The molecule has 1 aromatic carbocycles. The van der Waals surface area contributed by atoms with E-state index < -0.39 is 0 Å². The summed E-state index contributed by atoms with van der Waals surface area (Å²) < 4.78 is 5.66. The molecule has 2 bridgehead atoms. The van der Waals surface area contributed by atoms with Crippen molar-refractivity contribution in [3.63, 3.8) is 0 Å². The number of halogens is 1. The molecule has 2 atom stereocenters. The fourth-order valence-corrected chi connectivity index (χ4v) is 4.15. The maximum atomic E-state index is 12.6. The number of aromatic amines is 1. The summed E-state index contributed by atoms with van der Waals surface area (Å²) in [6, 6.07) is 11.3. The highest BCUT2D eigenvalue weighted by molar-refractivity contribution is 6.29. The molecule has 0 radical (unpaired) electrons. The highest BCUT2D eigenvalue weighted by atomic mass is 35.5. The Morgan fingerprint density at radius 2 is 1.92 bits per heavy atom. The third kappa shape index (κ3) is 3.39. The van der Waals surface area contributed by atoms with Crippen LogP contribution < -0.4 is 10.1 Å². The molecule has 0 aliphatic carbocycles. The minimum absolute atomic E-state index is 0.0138. The molecule has 4 heterocycles. The third-order valence-electron chi connectivity index (χ3n) is 5.44. The smallest absolute Gasteiger partial charge is 0.251 e. The molecule has 2 aromatic rings. The van der Waals surface area contributed by atoms with Gasteiger partial charge in [-0.2, -0.15) is 0 Å². The van der Waals surface area contributed by atoms with Crippen LogP contribution in [0.25, 0.3) is 0 Å². The Bertz CT molecular complexity index is 748. The molecule has 132 valence electrons. The molecule has 0 spiro atoms. The Morgan fingerprint density at radius 1 is 1.20 bits per heavy atom. The van der Waals surface area contributed by atoms with Gasteiger partial charge in [0, 0.05) is 23.7 Å². The van der Waals surface area contributed by atoms with Gasteiger partial charge in [-0.1, -0.05) is 11.6 Å². The second-order valence-electron chi connectivity index (χ2n) is 6.91. The van der Waals surface area contributed by atoms with Gasteiger partial charge in [-0.15, -0.1) is 0 Å². The molecule has 0 saturated carbocycles. The van der Waals surface area contributed by atoms with Gasteiger partial charge < -0.3 is 15.0 Å². The zero-order valence-corrected chi connectivity index (χ0v) is 14.9. The number of hydrogen-bond donors (Lipinski definition) is 2. The molecule has 1 aromatic heterocycles. The molecule has 5 nitrogen and oxygen atoms in total. The number of nitrogens with one attached hydrogen (secondary N) is 2. The monoisotopic (exact) mass is 359 g/mol. The van der Waals surface area contributed by atoms with Gasteiger partial charge in [0.05, 0.1) is 0 Å². The van der Waals surface area contributed by atoms with Crippen LogP contribution in [0.4, 0.5) is 0 Å². The molecule has 2 N–H and O–H groups in total. The van der Waals surface area contributed by atoms with Gasteiger partial charge in [0.1, 0.15) is 10.9 Å². The van der Waals surface area contributed by atoms with Gasteiger partial charge in [-0.05, 0) is 69.1 Å². The van der Waals surface area contributed by atoms with E-state index in [1.54, 1.807) is 36.4 Å². The van der Waals surface area contributed by atoms with E-state index in [1.807, 2.05) is 0 Å². The van der Waals surface area contributed by atoms with Crippen LogP contribution >= 0.6 is 11.6 Å². The molecule has 3 aliphatic heterocycles. The van der Waals surface area contributed by atoms with Crippen molar-refractivity contribution < 1.29 is 9.53 Å². The molecule has 25 heavy (non-hydrogen) atoms. The van der Waals surface area contributed by atoms with Crippen LogP contribution in [0.3, 0.4) is 0 Å². The molecule has 5 rings (SSSR count). The van der Waals surface area contributed by atoms with E-state index in [9.17, 15) is 4.79 Å². The zero-order chi connectivity index (χ0) is 17.4. The van der Waals surface area contributed by atoms with Crippen LogP contribution in [0.2, 0.25) is 5.15 Å². The lowest BCUT2D eigenvalue weighted by atomic mass is 9.79. The van der Waals surface area contributed by atoms with Crippen molar-refractivity contribution >= 4 is 17.5 Å². The van der Waals surface area contributed by atoms with Crippen molar-refractivity contribution in [1.82, 2.24) is 15.2 Å². The number of carbonyl (C=O) groups excluding carboxylic acids is 1. The van der Waals surface area contributed by atoms with E-state index in [1.165, 1.54) is 12.8 Å². The van der Waals surface area contributed by atoms with Crippen LogP contribution in [-0.2, 0) is 0 Å². The molecule has 2 unspecified atom stereocenters. The number of hydrogen-bond acceptors (Lipinski definition) is 3. The van der Waals surface area contributed by atoms with Gasteiger partial charge in [0.15, 0.2) is 5.88 Å². The molecular weight excluding hydrogens is 338 g/mol. The average Bonchev–Trinajstić information content (AvgIpc) is 3.04. The van der Waals surface area contributed by atoms with E-state index in [-0.39, 0.29) is 11.9 Å². The summed E-state index contributed by atoms with van der Waals surface area (Å²) in [6.07, 6.45) is 2.36. The quantitative estimate of drug-likeness (QED) is 0.875. The van der Waals surface area contributed by atoms with Gasteiger partial charge in [0.2, 0.25) is 0 Å². The first-order valence-electron chi connectivity index (χ1n) is 8.77. The molecule has 6 heteroatoms. The summed E-state index contributed by atoms with van der Waals surface area (Å²) in [4.78, 5) is 18.0. The summed E-state index contributed by atoms with van der Waals surface area (Å²) in [6.45, 7) is 4.54. The number of H-pyrrole nitrogens is 1. The van der Waals surface area contributed by atoms with E-state index in [0.29, 0.717) is 34.3 Å². The van der Waals surface area contributed by atoms with Crippen LogP contribution in [0, 0.1) is 5.92 Å². The van der Waals surface area contributed by atoms with Gasteiger partial charge in [-0.3, -0.25) is 9.69 Å². The van der Waals surface area contributed by atoms with Crippen molar-refractivity contribution in [2.45, 2.75) is 31.8 Å². The van der Waals surface area contributed by atoms with Crippen LogP contribution in [0.15, 0.2) is 36.4 Å². The van der Waals surface area contributed by atoms with Crippen molar-refractivity contribution in [3.05, 3.63) is 47.1 Å².